The molecule has 0 aliphatic rings. The highest BCUT2D eigenvalue weighted by molar-refractivity contribution is 5.73. The van der Waals surface area contributed by atoms with Crippen molar-refractivity contribution in [1.29, 1.82) is 0 Å². The van der Waals surface area contributed by atoms with Crippen LogP contribution < -0.4 is 11.1 Å². The lowest BCUT2D eigenvalue weighted by Gasteiger charge is -2.21. The average Bonchev–Trinajstić information content (AvgIpc) is 2.13. The van der Waals surface area contributed by atoms with Gasteiger partial charge in [0.05, 0.1) is 0 Å². The molecule has 14 heavy (non-hydrogen) atoms. The van der Waals surface area contributed by atoms with E-state index >= 15 is 0 Å². The van der Waals surface area contributed by atoms with Gasteiger partial charge in [0, 0.05) is 26.2 Å². The van der Waals surface area contributed by atoms with Gasteiger partial charge in [0.2, 0.25) is 0 Å². The molecule has 0 aromatic heterocycles. The fraction of sp³-hybridized carbons (Fsp3) is 0.900. The first-order valence-corrected chi connectivity index (χ1v) is 5.23. The maximum Gasteiger partial charge on any atom is 0.317 e. The highest BCUT2D eigenvalue weighted by Gasteiger charge is 2.11. The number of amides is 2. The zero-order chi connectivity index (χ0) is 11.1. The first-order chi connectivity index (χ1) is 6.49. The van der Waals surface area contributed by atoms with Gasteiger partial charge in [-0.15, -0.1) is 0 Å². The summed E-state index contributed by atoms with van der Waals surface area (Å²) in [5.74, 6) is 0.470. The Hall–Kier alpha value is -0.770. The summed E-state index contributed by atoms with van der Waals surface area (Å²) in [6.07, 6.45) is 0.852. The topological polar surface area (TPSA) is 58.4 Å². The quantitative estimate of drug-likeness (QED) is 0.697. The van der Waals surface area contributed by atoms with Crippen LogP contribution in [0.3, 0.4) is 0 Å². The van der Waals surface area contributed by atoms with Crippen LogP contribution in [0.5, 0.6) is 0 Å². The molecule has 0 aromatic rings. The zero-order valence-corrected chi connectivity index (χ0v) is 9.71. The zero-order valence-electron chi connectivity index (χ0n) is 9.71. The van der Waals surface area contributed by atoms with E-state index in [9.17, 15) is 4.79 Å². The van der Waals surface area contributed by atoms with Gasteiger partial charge in [-0.1, -0.05) is 13.8 Å². The molecule has 0 radical (unpaired) electrons. The van der Waals surface area contributed by atoms with E-state index in [2.05, 4.69) is 19.2 Å². The summed E-state index contributed by atoms with van der Waals surface area (Å²) in [6, 6.07) is 0.148. The molecule has 0 bridgehead atoms. The van der Waals surface area contributed by atoms with Gasteiger partial charge >= 0.3 is 6.03 Å². The summed E-state index contributed by atoms with van der Waals surface area (Å²) < 4.78 is 0. The minimum Gasteiger partial charge on any atom is -0.338 e. The second-order valence-corrected chi connectivity index (χ2v) is 3.95. The lowest BCUT2D eigenvalue weighted by Crippen LogP contribution is -2.40. The first kappa shape index (κ1) is 13.2. The summed E-state index contributed by atoms with van der Waals surface area (Å²) in [4.78, 5) is 13.0. The molecule has 0 aliphatic carbocycles. The van der Waals surface area contributed by atoms with E-state index in [0.29, 0.717) is 19.0 Å². The predicted molar refractivity (Wildman–Crippen MR) is 59.1 cm³/mol. The van der Waals surface area contributed by atoms with Crippen molar-refractivity contribution in [2.24, 2.45) is 11.7 Å². The molecule has 0 saturated heterocycles. The molecular formula is C10H23N3O. The molecule has 0 spiro atoms. The smallest absolute Gasteiger partial charge is 0.317 e. The van der Waals surface area contributed by atoms with Gasteiger partial charge in [0.25, 0.3) is 0 Å². The average molecular weight is 201 g/mol. The molecule has 2 amide bonds. The van der Waals surface area contributed by atoms with Crippen LogP contribution in [-0.4, -0.2) is 37.1 Å². The van der Waals surface area contributed by atoms with Crippen LogP contribution in [0.25, 0.3) is 0 Å². The summed E-state index contributed by atoms with van der Waals surface area (Å²) in [7, 11) is 1.79. The molecule has 0 heterocycles. The Morgan fingerprint density at radius 3 is 2.50 bits per heavy atom. The Balaban J connectivity index is 3.72. The molecule has 0 aliphatic heterocycles. The van der Waals surface area contributed by atoms with E-state index in [1.165, 1.54) is 0 Å². The fourth-order valence-corrected chi connectivity index (χ4v) is 1.06. The molecule has 0 aromatic carbocycles. The van der Waals surface area contributed by atoms with E-state index in [4.69, 9.17) is 5.73 Å². The number of hydrogen-bond donors (Lipinski definition) is 2. The Kier molecular flexibility index (Phi) is 6.28. The standard InChI is InChI=1S/C10H23N3O/c1-5-12-10(14)13(4)7-6-9(11)8(2)3/h8-9H,5-7,11H2,1-4H3,(H,12,14). The molecule has 84 valence electrons. The van der Waals surface area contributed by atoms with Crippen LogP contribution in [0, 0.1) is 5.92 Å². The third-order valence-electron chi connectivity index (χ3n) is 2.33. The minimum atomic E-state index is -0.0246. The Morgan fingerprint density at radius 2 is 2.07 bits per heavy atom. The van der Waals surface area contributed by atoms with Crippen LogP contribution >= 0.6 is 0 Å². The molecule has 0 rings (SSSR count). The van der Waals surface area contributed by atoms with Crippen molar-refractivity contribution in [3.05, 3.63) is 0 Å². The molecule has 4 nitrogen and oxygen atoms in total. The Labute approximate surface area is 86.8 Å². The lowest BCUT2D eigenvalue weighted by molar-refractivity contribution is 0.206. The van der Waals surface area contributed by atoms with Crippen molar-refractivity contribution in [3.8, 4) is 0 Å². The predicted octanol–water partition coefficient (Wildman–Crippen LogP) is 1.02. The van der Waals surface area contributed by atoms with Crippen LogP contribution in [0.2, 0.25) is 0 Å². The maximum absolute atomic E-state index is 11.3. The lowest BCUT2D eigenvalue weighted by atomic mass is 10.0. The molecule has 3 N–H and O–H groups in total. The van der Waals surface area contributed by atoms with Gasteiger partial charge in [-0.2, -0.15) is 0 Å². The van der Waals surface area contributed by atoms with Crippen LogP contribution in [0.4, 0.5) is 4.79 Å². The Morgan fingerprint density at radius 1 is 1.50 bits per heavy atom. The molecule has 0 saturated carbocycles. The minimum absolute atomic E-state index is 0.0246. The number of nitrogens with two attached hydrogens (primary N) is 1. The molecule has 4 heteroatoms. The summed E-state index contributed by atoms with van der Waals surface area (Å²) >= 11 is 0. The van der Waals surface area contributed by atoms with Gasteiger partial charge in [-0.05, 0) is 19.3 Å². The third kappa shape index (κ3) is 5.07. The van der Waals surface area contributed by atoms with Gasteiger partial charge in [0.15, 0.2) is 0 Å². The Bertz CT molecular complexity index is 171. The highest BCUT2D eigenvalue weighted by atomic mass is 16.2. The third-order valence-corrected chi connectivity index (χ3v) is 2.33. The fourth-order valence-electron chi connectivity index (χ4n) is 1.06. The number of hydrogen-bond acceptors (Lipinski definition) is 2. The van der Waals surface area contributed by atoms with E-state index in [-0.39, 0.29) is 12.1 Å². The monoisotopic (exact) mass is 201 g/mol. The second-order valence-electron chi connectivity index (χ2n) is 3.95. The second kappa shape index (κ2) is 6.65. The summed E-state index contributed by atoms with van der Waals surface area (Å²) in [6.45, 7) is 7.48. The van der Waals surface area contributed by atoms with E-state index in [0.717, 1.165) is 6.42 Å². The maximum atomic E-state index is 11.3. The van der Waals surface area contributed by atoms with Crippen LogP contribution in [0.15, 0.2) is 0 Å². The van der Waals surface area contributed by atoms with E-state index in [1.807, 2.05) is 6.92 Å². The van der Waals surface area contributed by atoms with Gasteiger partial charge in [0.1, 0.15) is 0 Å². The summed E-state index contributed by atoms with van der Waals surface area (Å²) in [5, 5.41) is 2.74. The molecular weight excluding hydrogens is 178 g/mol. The van der Waals surface area contributed by atoms with Gasteiger partial charge in [-0.3, -0.25) is 0 Å². The number of carbonyl (C=O) groups excluding carboxylic acids is 1. The number of carbonyl (C=O) groups is 1. The van der Waals surface area contributed by atoms with Crippen LogP contribution in [-0.2, 0) is 0 Å². The molecule has 1 atom stereocenters. The SMILES string of the molecule is CCNC(=O)N(C)CCC(N)C(C)C. The van der Waals surface area contributed by atoms with Crippen molar-refractivity contribution in [2.75, 3.05) is 20.1 Å². The molecule has 1 unspecified atom stereocenters. The van der Waals surface area contributed by atoms with Crippen molar-refractivity contribution >= 4 is 6.03 Å². The van der Waals surface area contributed by atoms with Gasteiger partial charge in [-0.25, -0.2) is 4.79 Å². The van der Waals surface area contributed by atoms with Crippen molar-refractivity contribution in [2.45, 2.75) is 33.2 Å². The van der Waals surface area contributed by atoms with Crippen molar-refractivity contribution in [1.82, 2.24) is 10.2 Å². The van der Waals surface area contributed by atoms with Gasteiger partial charge < -0.3 is 16.0 Å². The number of nitrogens with one attached hydrogen (secondary N) is 1. The highest BCUT2D eigenvalue weighted by Crippen LogP contribution is 2.03. The van der Waals surface area contributed by atoms with E-state index < -0.39 is 0 Å². The number of urea groups is 1. The van der Waals surface area contributed by atoms with Crippen LogP contribution in [0.1, 0.15) is 27.2 Å². The number of rotatable bonds is 5. The normalized spacial score (nSPS) is 12.7. The molecule has 0 fully saturated rings. The summed E-state index contributed by atoms with van der Waals surface area (Å²) in [5.41, 5.74) is 5.88. The van der Waals surface area contributed by atoms with E-state index in [1.54, 1.807) is 11.9 Å². The van der Waals surface area contributed by atoms with Crippen molar-refractivity contribution in [3.63, 3.8) is 0 Å². The largest absolute Gasteiger partial charge is 0.338 e. The number of nitrogens with zero attached hydrogens (tertiary/aromatic N) is 1. The first-order valence-electron chi connectivity index (χ1n) is 5.23. The van der Waals surface area contributed by atoms with Crippen molar-refractivity contribution < 1.29 is 4.79 Å².